The number of hydrogen-bond acceptors (Lipinski definition) is 5. The lowest BCUT2D eigenvalue weighted by molar-refractivity contribution is 0.140. The lowest BCUT2D eigenvalue weighted by Gasteiger charge is -2.09. The summed E-state index contributed by atoms with van der Waals surface area (Å²) in [5, 5.41) is 3.88. The smallest absolute Gasteiger partial charge is 0.237 e. The average molecular weight is 288 g/mol. The van der Waals surface area contributed by atoms with E-state index in [2.05, 4.69) is 10.1 Å². The number of pyridine rings is 1. The van der Waals surface area contributed by atoms with Crippen LogP contribution in [0.2, 0.25) is 0 Å². The lowest BCUT2D eigenvalue weighted by atomic mass is 10.1. The van der Waals surface area contributed by atoms with E-state index in [0.717, 1.165) is 5.56 Å². The molecule has 2 aromatic rings. The molecule has 102 valence electrons. The van der Waals surface area contributed by atoms with Crippen LogP contribution in [0.15, 0.2) is 64.9 Å². The summed E-state index contributed by atoms with van der Waals surface area (Å²) < 4.78 is 24.8. The summed E-state index contributed by atoms with van der Waals surface area (Å²) in [6.07, 6.45) is 3.51. The average Bonchev–Trinajstić information content (AvgIpc) is 3.00. The van der Waals surface area contributed by atoms with Crippen molar-refractivity contribution in [1.82, 2.24) is 4.98 Å². The van der Waals surface area contributed by atoms with E-state index in [9.17, 15) is 8.42 Å². The molecule has 1 atom stereocenters. The summed E-state index contributed by atoms with van der Waals surface area (Å²) in [5.41, 5.74) is 0.404. The van der Waals surface area contributed by atoms with Gasteiger partial charge in [-0.3, -0.25) is 4.98 Å². The summed E-state index contributed by atoms with van der Waals surface area (Å²) in [6.45, 7) is 0. The first kappa shape index (κ1) is 12.8. The minimum Gasteiger partial charge on any atom is -0.375 e. The van der Waals surface area contributed by atoms with Gasteiger partial charge in [0.1, 0.15) is 0 Å². The van der Waals surface area contributed by atoms with Crippen LogP contribution in [0, 0.1) is 0 Å². The zero-order valence-corrected chi connectivity index (χ0v) is 11.3. The van der Waals surface area contributed by atoms with Gasteiger partial charge in [-0.1, -0.05) is 23.4 Å². The molecule has 0 aliphatic carbocycles. The van der Waals surface area contributed by atoms with Crippen molar-refractivity contribution in [2.75, 3.05) is 0 Å². The van der Waals surface area contributed by atoms with Crippen LogP contribution < -0.4 is 0 Å². The fourth-order valence-electron chi connectivity index (χ4n) is 1.99. The molecule has 0 bridgehead atoms. The van der Waals surface area contributed by atoms with Gasteiger partial charge in [0, 0.05) is 24.4 Å². The Morgan fingerprint density at radius 1 is 1.10 bits per heavy atom. The first-order valence-electron chi connectivity index (χ1n) is 6.10. The molecule has 0 amide bonds. The Kier molecular flexibility index (Phi) is 3.23. The third kappa shape index (κ3) is 2.30. The molecule has 0 saturated heterocycles. The molecule has 2 heterocycles. The summed E-state index contributed by atoms with van der Waals surface area (Å²) in [6, 6.07) is 11.9. The first-order valence-corrected chi connectivity index (χ1v) is 7.64. The molecule has 20 heavy (non-hydrogen) atoms. The maximum absolute atomic E-state index is 12.4. The molecule has 1 unspecified atom stereocenters. The van der Waals surface area contributed by atoms with Crippen LogP contribution in [0.3, 0.4) is 0 Å². The minimum atomic E-state index is -3.54. The van der Waals surface area contributed by atoms with Crippen molar-refractivity contribution in [2.45, 2.75) is 16.8 Å². The predicted molar refractivity (Wildman–Crippen MR) is 73.9 cm³/mol. The van der Waals surface area contributed by atoms with Crippen molar-refractivity contribution in [2.24, 2.45) is 5.16 Å². The Balaban J connectivity index is 1.83. The molecule has 5 nitrogen and oxygen atoms in total. The highest BCUT2D eigenvalue weighted by atomic mass is 32.2. The molecule has 0 spiro atoms. The number of sulfone groups is 1. The third-order valence-corrected chi connectivity index (χ3v) is 4.93. The van der Waals surface area contributed by atoms with E-state index in [1.54, 1.807) is 48.8 Å². The molecule has 1 aliphatic heterocycles. The van der Waals surface area contributed by atoms with Gasteiger partial charge in [-0.15, -0.1) is 0 Å². The van der Waals surface area contributed by atoms with Gasteiger partial charge in [0.2, 0.25) is 15.3 Å². The summed E-state index contributed by atoms with van der Waals surface area (Å²) in [5.74, 6) is 0. The van der Waals surface area contributed by atoms with Crippen molar-refractivity contribution in [3.05, 3.63) is 60.4 Å². The van der Waals surface area contributed by atoms with Crippen LogP contribution in [0.25, 0.3) is 0 Å². The normalized spacial score (nSPS) is 18.4. The Hall–Kier alpha value is -2.21. The highest BCUT2D eigenvalue weighted by Crippen LogP contribution is 2.25. The van der Waals surface area contributed by atoms with Gasteiger partial charge in [0.05, 0.1) is 10.6 Å². The van der Waals surface area contributed by atoms with Crippen molar-refractivity contribution >= 4 is 15.5 Å². The molecule has 1 aliphatic rings. The zero-order valence-electron chi connectivity index (χ0n) is 10.5. The van der Waals surface area contributed by atoms with E-state index in [1.807, 2.05) is 6.07 Å². The van der Waals surface area contributed by atoms with Gasteiger partial charge in [-0.25, -0.2) is 8.42 Å². The molecule has 1 aromatic heterocycles. The largest absolute Gasteiger partial charge is 0.375 e. The standard InChI is InChI=1S/C14H12N2O3S/c17-20(18,12-6-2-1-3-7-12)14-9-13(16-19-14)11-5-4-8-15-10-11/h1-8,10,14H,9H2. The molecular weight excluding hydrogens is 276 g/mol. The molecule has 0 fully saturated rings. The molecule has 1 aromatic carbocycles. The molecule has 6 heteroatoms. The van der Waals surface area contributed by atoms with E-state index < -0.39 is 15.3 Å². The second kappa shape index (κ2) is 5.05. The van der Waals surface area contributed by atoms with Crippen LogP contribution in [0.1, 0.15) is 12.0 Å². The highest BCUT2D eigenvalue weighted by Gasteiger charge is 2.35. The molecule has 0 N–H and O–H groups in total. The van der Waals surface area contributed by atoms with E-state index in [1.165, 1.54) is 0 Å². The Morgan fingerprint density at radius 2 is 1.90 bits per heavy atom. The van der Waals surface area contributed by atoms with Crippen molar-refractivity contribution in [3.8, 4) is 0 Å². The van der Waals surface area contributed by atoms with Gasteiger partial charge >= 0.3 is 0 Å². The van der Waals surface area contributed by atoms with Crippen molar-refractivity contribution in [1.29, 1.82) is 0 Å². The molecule has 0 saturated carbocycles. The number of nitrogens with zero attached hydrogens (tertiary/aromatic N) is 2. The van der Waals surface area contributed by atoms with E-state index in [4.69, 9.17) is 4.84 Å². The maximum Gasteiger partial charge on any atom is 0.237 e. The number of oxime groups is 1. The summed E-state index contributed by atoms with van der Waals surface area (Å²) >= 11 is 0. The second-order valence-electron chi connectivity index (χ2n) is 4.38. The summed E-state index contributed by atoms with van der Waals surface area (Å²) in [7, 11) is -3.54. The van der Waals surface area contributed by atoms with Gasteiger partial charge in [0.25, 0.3) is 0 Å². The zero-order chi connectivity index (χ0) is 14.0. The number of benzene rings is 1. The van der Waals surface area contributed by atoms with E-state index in [-0.39, 0.29) is 11.3 Å². The number of hydrogen-bond donors (Lipinski definition) is 0. The monoisotopic (exact) mass is 288 g/mol. The van der Waals surface area contributed by atoms with Gasteiger partial charge in [-0.05, 0) is 24.3 Å². The predicted octanol–water partition coefficient (Wildman–Crippen LogP) is 2.01. The van der Waals surface area contributed by atoms with Gasteiger partial charge in [0.15, 0.2) is 0 Å². The fourth-order valence-corrected chi connectivity index (χ4v) is 3.36. The van der Waals surface area contributed by atoms with Crippen LogP contribution in [0.5, 0.6) is 0 Å². The minimum absolute atomic E-state index is 0.225. The first-order chi connectivity index (χ1) is 9.68. The lowest BCUT2D eigenvalue weighted by Crippen LogP contribution is -2.21. The number of rotatable bonds is 3. The second-order valence-corrected chi connectivity index (χ2v) is 6.46. The highest BCUT2D eigenvalue weighted by molar-refractivity contribution is 7.92. The van der Waals surface area contributed by atoms with Crippen LogP contribution >= 0.6 is 0 Å². The fraction of sp³-hybridized carbons (Fsp3) is 0.143. The van der Waals surface area contributed by atoms with Gasteiger partial charge < -0.3 is 4.84 Å². The third-order valence-electron chi connectivity index (χ3n) is 3.05. The Labute approximate surface area is 116 Å². The Morgan fingerprint density at radius 3 is 2.60 bits per heavy atom. The molecule has 0 radical (unpaired) electrons. The van der Waals surface area contributed by atoms with Crippen molar-refractivity contribution < 1.29 is 13.3 Å². The Bertz CT molecular complexity index is 728. The van der Waals surface area contributed by atoms with Gasteiger partial charge in [-0.2, -0.15) is 0 Å². The summed E-state index contributed by atoms with van der Waals surface area (Å²) in [4.78, 5) is 9.34. The van der Waals surface area contributed by atoms with Crippen LogP contribution in [-0.4, -0.2) is 24.5 Å². The SMILES string of the molecule is O=S(=O)(c1ccccc1)C1CC(c2cccnc2)=NO1. The van der Waals surface area contributed by atoms with Crippen LogP contribution in [0.4, 0.5) is 0 Å². The quantitative estimate of drug-likeness (QED) is 0.866. The van der Waals surface area contributed by atoms with Crippen molar-refractivity contribution in [3.63, 3.8) is 0 Å². The van der Waals surface area contributed by atoms with E-state index >= 15 is 0 Å². The number of aromatic nitrogens is 1. The molecule has 3 rings (SSSR count). The van der Waals surface area contributed by atoms with Crippen LogP contribution in [-0.2, 0) is 14.7 Å². The topological polar surface area (TPSA) is 68.6 Å². The van der Waals surface area contributed by atoms with E-state index in [0.29, 0.717) is 5.71 Å². The molecular formula is C14H12N2O3S. The maximum atomic E-state index is 12.4.